The zero-order valence-corrected chi connectivity index (χ0v) is 30.5. The molecular weight excluding hydrogens is 705 g/mol. The first-order valence-corrected chi connectivity index (χ1v) is 18.6. The zero-order valence-electron chi connectivity index (χ0n) is 29.7. The van der Waals surface area contributed by atoms with Gasteiger partial charge in [-0.15, -0.1) is 11.8 Å². The molecule has 1 aliphatic rings. The molecule has 0 aliphatic carbocycles. The summed E-state index contributed by atoms with van der Waals surface area (Å²) in [6.07, 6.45) is -0.360. The predicted molar refractivity (Wildman–Crippen MR) is 206 cm³/mol. The number of hydrogen-bond acceptors (Lipinski definition) is 8. The van der Waals surface area contributed by atoms with Gasteiger partial charge in [0, 0.05) is 35.6 Å². The van der Waals surface area contributed by atoms with Gasteiger partial charge in [0.25, 0.3) is 0 Å². The molecule has 1 fully saturated rings. The minimum atomic E-state index is -0.975. The van der Waals surface area contributed by atoms with E-state index >= 15 is 0 Å². The van der Waals surface area contributed by atoms with Crippen molar-refractivity contribution >= 4 is 29.7 Å². The van der Waals surface area contributed by atoms with Crippen LogP contribution in [0.25, 0.3) is 11.1 Å². The first kappa shape index (κ1) is 38.3. The van der Waals surface area contributed by atoms with Crippen LogP contribution in [0.15, 0.2) is 132 Å². The van der Waals surface area contributed by atoms with E-state index in [1.54, 1.807) is 18.2 Å². The lowest BCUT2D eigenvalue weighted by molar-refractivity contribution is -0.245. The third-order valence-electron chi connectivity index (χ3n) is 9.18. The van der Waals surface area contributed by atoms with Gasteiger partial charge in [-0.3, -0.25) is 0 Å². The maximum atomic E-state index is 13.0. The van der Waals surface area contributed by atoms with Crippen LogP contribution in [0.2, 0.25) is 0 Å². The van der Waals surface area contributed by atoms with E-state index in [0.29, 0.717) is 23.5 Å². The molecule has 2 amide bonds. The second-order valence-electron chi connectivity index (χ2n) is 12.8. The molecule has 0 spiro atoms. The Morgan fingerprint density at radius 2 is 1.50 bits per heavy atom. The topological polar surface area (TPSA) is 143 Å². The first-order chi connectivity index (χ1) is 26.3. The molecule has 5 aromatic carbocycles. The lowest BCUT2D eigenvalue weighted by atomic mass is 9.98. The van der Waals surface area contributed by atoms with Crippen LogP contribution in [0.1, 0.15) is 57.0 Å². The fourth-order valence-corrected chi connectivity index (χ4v) is 7.39. The Morgan fingerprint density at radius 3 is 2.22 bits per heavy atom. The fraction of sp³-hybridized carbons (Fsp3) is 0.233. The summed E-state index contributed by atoms with van der Waals surface area (Å²) in [6, 6.07) is 38.4. The van der Waals surface area contributed by atoms with E-state index in [2.05, 4.69) is 10.6 Å². The number of aliphatic hydroxyl groups excluding tert-OH is 1. The number of esters is 1. The van der Waals surface area contributed by atoms with Gasteiger partial charge in [0.1, 0.15) is 6.04 Å². The van der Waals surface area contributed by atoms with Gasteiger partial charge in [-0.1, -0.05) is 115 Å². The number of aliphatic hydroxyl groups is 1. The number of aromatic carboxylic acids is 1. The molecule has 0 unspecified atom stereocenters. The molecule has 0 radical (unpaired) electrons. The largest absolute Gasteiger partial charge is 0.478 e. The highest BCUT2D eigenvalue weighted by molar-refractivity contribution is 7.99. The number of hydrogen-bond donors (Lipinski definition) is 4. The third kappa shape index (κ3) is 9.94. The van der Waals surface area contributed by atoms with E-state index in [1.165, 1.54) is 18.9 Å². The van der Waals surface area contributed by atoms with Crippen LogP contribution in [-0.4, -0.2) is 53.2 Å². The van der Waals surface area contributed by atoms with Gasteiger partial charge in [-0.25, -0.2) is 14.4 Å². The highest BCUT2D eigenvalue weighted by Crippen LogP contribution is 2.40. The van der Waals surface area contributed by atoms with Gasteiger partial charge < -0.3 is 35.1 Å². The van der Waals surface area contributed by atoms with Crippen LogP contribution in [0.5, 0.6) is 0 Å². The number of carbonyl (C=O) groups is 3. The number of benzene rings is 5. The molecule has 4 N–H and O–H groups in total. The summed E-state index contributed by atoms with van der Waals surface area (Å²) in [4.78, 5) is 37.9. The molecule has 0 aromatic heterocycles. The van der Waals surface area contributed by atoms with Crippen LogP contribution in [0.4, 0.5) is 4.79 Å². The number of carboxylic acid groups (broad SMARTS) is 1. The number of carboxylic acids is 1. The second-order valence-corrected chi connectivity index (χ2v) is 13.9. The Hall–Kier alpha value is -5.46. The van der Waals surface area contributed by atoms with E-state index < -0.39 is 30.3 Å². The SMILES string of the molecule is COC(=O)[C@H](Cc1ccccc1)NC(=O)NCc1ccccc1-c1ccc([C@@H]2O[C@H](CSc3ccccc3C(=O)O)C[C@H](c3ccc(CO)cc3)O2)cc1. The van der Waals surface area contributed by atoms with E-state index in [0.717, 1.165) is 38.9 Å². The predicted octanol–water partition coefficient (Wildman–Crippen LogP) is 7.47. The number of ether oxygens (including phenoxy) is 3. The number of methoxy groups -OCH3 is 1. The molecule has 6 rings (SSSR count). The first-order valence-electron chi connectivity index (χ1n) is 17.6. The fourth-order valence-electron chi connectivity index (χ4n) is 6.32. The van der Waals surface area contributed by atoms with E-state index in [1.807, 2.05) is 109 Å². The Balaban J connectivity index is 1.15. The smallest absolute Gasteiger partial charge is 0.336 e. The lowest BCUT2D eigenvalue weighted by Crippen LogP contribution is -2.47. The molecule has 5 aromatic rings. The van der Waals surface area contributed by atoms with Crippen molar-refractivity contribution in [3.63, 3.8) is 0 Å². The van der Waals surface area contributed by atoms with Gasteiger partial charge in [0.05, 0.1) is 31.5 Å². The van der Waals surface area contributed by atoms with Crippen molar-refractivity contribution in [1.82, 2.24) is 10.6 Å². The summed E-state index contributed by atoms with van der Waals surface area (Å²) in [5.74, 6) is -0.981. The quantitative estimate of drug-likeness (QED) is 0.0673. The van der Waals surface area contributed by atoms with Crippen LogP contribution in [0, 0.1) is 0 Å². The van der Waals surface area contributed by atoms with Gasteiger partial charge in [0.15, 0.2) is 6.29 Å². The van der Waals surface area contributed by atoms with Crippen molar-refractivity contribution in [1.29, 1.82) is 0 Å². The van der Waals surface area contributed by atoms with Gasteiger partial charge >= 0.3 is 18.0 Å². The normalized spacial score (nSPS) is 17.3. The molecule has 278 valence electrons. The molecule has 1 aliphatic heterocycles. The van der Waals surface area contributed by atoms with E-state index in [4.69, 9.17) is 14.2 Å². The summed E-state index contributed by atoms with van der Waals surface area (Å²) in [6.45, 7) is 0.169. The lowest BCUT2D eigenvalue weighted by Gasteiger charge is -2.36. The third-order valence-corrected chi connectivity index (χ3v) is 10.4. The molecule has 4 atom stereocenters. The van der Waals surface area contributed by atoms with E-state index in [9.17, 15) is 24.6 Å². The monoisotopic (exact) mass is 746 g/mol. The summed E-state index contributed by atoms with van der Waals surface area (Å²) < 4.78 is 18.0. The zero-order chi connectivity index (χ0) is 37.9. The molecule has 11 heteroatoms. The highest BCUT2D eigenvalue weighted by atomic mass is 32.2. The molecular formula is C43H42N2O8S. The second kappa shape index (κ2) is 18.5. The average Bonchev–Trinajstić information content (AvgIpc) is 3.22. The van der Waals surface area contributed by atoms with Crippen LogP contribution >= 0.6 is 11.8 Å². The molecule has 54 heavy (non-hydrogen) atoms. The number of carbonyl (C=O) groups excluding carboxylic acids is 2. The minimum absolute atomic E-state index is 0.0524. The van der Waals surface area contributed by atoms with Crippen molar-refractivity contribution in [3.05, 3.63) is 161 Å². The summed E-state index contributed by atoms with van der Waals surface area (Å²) in [5.41, 5.74) is 6.47. The maximum Gasteiger partial charge on any atom is 0.336 e. The van der Waals surface area contributed by atoms with Crippen LogP contribution in [0.3, 0.4) is 0 Å². The number of rotatable bonds is 14. The van der Waals surface area contributed by atoms with Gasteiger partial charge in [0.2, 0.25) is 0 Å². The van der Waals surface area contributed by atoms with Crippen LogP contribution in [-0.2, 0) is 38.6 Å². The Kier molecular flexibility index (Phi) is 13.1. The molecule has 1 saturated heterocycles. The molecule has 1 heterocycles. The van der Waals surface area contributed by atoms with Crippen molar-refractivity contribution < 1.29 is 38.8 Å². The molecule has 10 nitrogen and oxygen atoms in total. The minimum Gasteiger partial charge on any atom is -0.478 e. The number of thioether (sulfide) groups is 1. The van der Waals surface area contributed by atoms with Crippen molar-refractivity contribution in [2.45, 2.75) is 55.4 Å². The number of urea groups is 1. The van der Waals surface area contributed by atoms with Crippen molar-refractivity contribution in [2.24, 2.45) is 0 Å². The summed E-state index contributed by atoms with van der Waals surface area (Å²) in [5, 5.41) is 24.9. The number of nitrogens with one attached hydrogen (secondary N) is 2. The highest BCUT2D eigenvalue weighted by Gasteiger charge is 2.32. The Morgan fingerprint density at radius 1 is 0.815 bits per heavy atom. The van der Waals surface area contributed by atoms with Crippen LogP contribution < -0.4 is 10.6 Å². The summed E-state index contributed by atoms with van der Waals surface area (Å²) >= 11 is 1.44. The average molecular weight is 747 g/mol. The summed E-state index contributed by atoms with van der Waals surface area (Å²) in [7, 11) is 1.30. The van der Waals surface area contributed by atoms with E-state index in [-0.39, 0.29) is 30.9 Å². The Labute approximate surface area is 318 Å². The molecule has 0 saturated carbocycles. The number of amides is 2. The van der Waals surface area contributed by atoms with Crippen molar-refractivity contribution in [2.75, 3.05) is 12.9 Å². The molecule has 0 bridgehead atoms. The maximum absolute atomic E-state index is 13.0. The van der Waals surface area contributed by atoms with Gasteiger partial charge in [-0.2, -0.15) is 0 Å². The Bertz CT molecular complexity index is 2020. The van der Waals surface area contributed by atoms with Gasteiger partial charge in [-0.05, 0) is 45.5 Å². The standard InChI is InChI=1S/C43H42N2O8S/c1-51-41(49)37(23-28-9-3-2-4-10-28)45-43(50)44-25-33-11-5-6-12-35(33)30-19-21-32(22-20-30)42-52-34(27-54-39-14-8-7-13-36(39)40(47)48)24-38(53-42)31-17-15-29(26-46)16-18-31/h2-22,34,37-38,42,46H,23-27H2,1H3,(H,47,48)(H2,44,45,50)/t34-,37-,38+,42+/m0/s1. The van der Waals surface area contributed by atoms with Crippen molar-refractivity contribution in [3.8, 4) is 11.1 Å².